The van der Waals surface area contributed by atoms with Crippen molar-refractivity contribution < 1.29 is 66.9 Å². The molecule has 11 heteroatoms. The summed E-state index contributed by atoms with van der Waals surface area (Å²) in [5.41, 5.74) is 0. The summed E-state index contributed by atoms with van der Waals surface area (Å²) in [7, 11) is -10.1. The minimum atomic E-state index is -5.05. The molecule has 2 radical (unpaired) electrons. The molecular formula is H4CoMnO7P2. The third kappa shape index (κ3) is 18.3. The second-order valence-corrected chi connectivity index (χ2v) is 3.68. The summed E-state index contributed by atoms with van der Waals surface area (Å²) < 4.78 is 22.2. The van der Waals surface area contributed by atoms with Crippen LogP contribution in [0.15, 0.2) is 0 Å². The Morgan fingerprint density at radius 1 is 0.909 bits per heavy atom. The van der Waals surface area contributed by atoms with E-state index in [0.29, 0.717) is 0 Å². The minimum absolute atomic E-state index is 0. The van der Waals surface area contributed by atoms with Crippen LogP contribution in [-0.4, -0.2) is 19.6 Å². The summed E-state index contributed by atoms with van der Waals surface area (Å²) in [6, 6.07) is 0. The zero-order valence-corrected chi connectivity index (χ0v) is 8.63. The van der Waals surface area contributed by atoms with Gasteiger partial charge in [0.05, 0.1) is 0 Å². The molecule has 4 N–H and O–H groups in total. The number of hydrogen-bond donors (Lipinski definition) is 4. The monoisotopic (exact) mass is 292 g/mol. The van der Waals surface area contributed by atoms with Gasteiger partial charge in [0.15, 0.2) is 0 Å². The van der Waals surface area contributed by atoms with Gasteiger partial charge in [-0.3, -0.25) is 0 Å². The maximum Gasteiger partial charge on any atom is 0.478 e. The van der Waals surface area contributed by atoms with Gasteiger partial charge in [-0.1, -0.05) is 0 Å². The maximum absolute atomic E-state index is 9.63. The van der Waals surface area contributed by atoms with E-state index < -0.39 is 15.6 Å². The van der Waals surface area contributed by atoms with E-state index in [1.165, 1.54) is 0 Å². The summed E-state index contributed by atoms with van der Waals surface area (Å²) in [6.07, 6.45) is 0. The van der Waals surface area contributed by atoms with E-state index in [9.17, 15) is 9.13 Å². The second-order valence-electron chi connectivity index (χ2n) is 1.06. The standard InChI is InChI=1S/Co.Mn.H4O7P2/c;;1-8(2,3)7-9(4,5)6/h;;(H2,1,2,3)(H2,4,5,6). The summed E-state index contributed by atoms with van der Waals surface area (Å²) >= 11 is 0. The van der Waals surface area contributed by atoms with Crippen molar-refractivity contribution in [3.63, 3.8) is 0 Å². The predicted octanol–water partition coefficient (Wildman–Crippen LogP) is -0.817. The van der Waals surface area contributed by atoms with E-state index in [-0.39, 0.29) is 33.8 Å². The maximum atomic E-state index is 9.63. The van der Waals surface area contributed by atoms with Crippen molar-refractivity contribution in [3.8, 4) is 0 Å². The van der Waals surface area contributed by atoms with Crippen LogP contribution in [0.3, 0.4) is 0 Å². The average Bonchev–Trinajstić information content (AvgIpc) is 1.14. The zero-order chi connectivity index (χ0) is 7.71. The molecule has 0 atom stereocenters. The first-order valence-electron chi connectivity index (χ1n) is 1.53. The molecule has 0 spiro atoms. The van der Waals surface area contributed by atoms with E-state index in [4.69, 9.17) is 19.6 Å². The fourth-order valence-corrected chi connectivity index (χ4v) is 1.25. The minimum Gasteiger partial charge on any atom is -0.302 e. The molecule has 0 aliphatic rings. The molecule has 0 rings (SSSR count). The van der Waals surface area contributed by atoms with E-state index in [1.54, 1.807) is 0 Å². The van der Waals surface area contributed by atoms with Crippen LogP contribution in [0.2, 0.25) is 0 Å². The number of phosphoric acid groups is 2. The quantitative estimate of drug-likeness (QED) is 0.387. The molecule has 0 heterocycles. The van der Waals surface area contributed by atoms with Crippen molar-refractivity contribution in [1.82, 2.24) is 0 Å². The van der Waals surface area contributed by atoms with Gasteiger partial charge in [0.1, 0.15) is 0 Å². The first-order valence-corrected chi connectivity index (χ1v) is 4.59. The molecule has 0 fully saturated rings. The first-order chi connectivity index (χ1) is 3.71. The Kier molecular flexibility index (Phi) is 9.65. The largest absolute Gasteiger partial charge is 0.478 e. The van der Waals surface area contributed by atoms with Crippen molar-refractivity contribution in [2.24, 2.45) is 0 Å². The van der Waals surface area contributed by atoms with Crippen molar-refractivity contribution in [3.05, 3.63) is 0 Å². The van der Waals surface area contributed by atoms with Crippen LogP contribution in [0.25, 0.3) is 0 Å². The van der Waals surface area contributed by atoms with E-state index >= 15 is 0 Å². The van der Waals surface area contributed by atoms with Crippen molar-refractivity contribution in [2.45, 2.75) is 0 Å². The SMILES string of the molecule is O=P(O)(O)OP(=O)(O)O.[Co].[Mn]. The van der Waals surface area contributed by atoms with Gasteiger partial charge in [-0.2, -0.15) is 4.31 Å². The smallest absolute Gasteiger partial charge is 0.302 e. The van der Waals surface area contributed by atoms with Gasteiger partial charge in [0, 0.05) is 33.8 Å². The molecule has 0 saturated carbocycles. The van der Waals surface area contributed by atoms with Gasteiger partial charge in [-0.25, -0.2) is 9.13 Å². The molecule has 72 valence electrons. The Morgan fingerprint density at radius 3 is 1.09 bits per heavy atom. The molecule has 0 bridgehead atoms. The van der Waals surface area contributed by atoms with Crippen LogP contribution in [0.4, 0.5) is 0 Å². The zero-order valence-electron chi connectivity index (χ0n) is 4.62. The Labute approximate surface area is 82.7 Å². The summed E-state index contributed by atoms with van der Waals surface area (Å²) in [5, 5.41) is 0. The Morgan fingerprint density at radius 2 is 1.09 bits per heavy atom. The Balaban J connectivity index is -0.000000320. The molecule has 0 aliphatic heterocycles. The van der Waals surface area contributed by atoms with Crippen LogP contribution in [0.1, 0.15) is 0 Å². The van der Waals surface area contributed by atoms with E-state index in [1.807, 2.05) is 0 Å². The molecular weight excluding hydrogens is 288 g/mol. The van der Waals surface area contributed by atoms with Crippen LogP contribution >= 0.6 is 15.6 Å². The van der Waals surface area contributed by atoms with Crippen LogP contribution in [0.5, 0.6) is 0 Å². The van der Waals surface area contributed by atoms with Crippen molar-refractivity contribution >= 4 is 15.6 Å². The molecule has 0 aromatic rings. The molecule has 0 aromatic heterocycles. The van der Waals surface area contributed by atoms with E-state index in [0.717, 1.165) is 0 Å². The van der Waals surface area contributed by atoms with Crippen LogP contribution in [0, 0.1) is 0 Å². The van der Waals surface area contributed by atoms with Gasteiger partial charge in [0.2, 0.25) is 0 Å². The molecule has 7 nitrogen and oxygen atoms in total. The molecule has 0 aliphatic carbocycles. The number of rotatable bonds is 2. The molecule has 0 saturated heterocycles. The predicted molar refractivity (Wildman–Crippen MR) is 25.2 cm³/mol. The topological polar surface area (TPSA) is 124 Å². The Hall–Kier alpha value is 1.29. The van der Waals surface area contributed by atoms with Crippen LogP contribution in [-0.2, 0) is 47.3 Å². The molecule has 11 heavy (non-hydrogen) atoms. The molecule has 0 unspecified atom stereocenters. The summed E-state index contributed by atoms with van der Waals surface area (Å²) in [4.78, 5) is 31.0. The van der Waals surface area contributed by atoms with Crippen molar-refractivity contribution in [2.75, 3.05) is 0 Å². The van der Waals surface area contributed by atoms with Gasteiger partial charge in [0.25, 0.3) is 0 Å². The molecule has 0 amide bonds. The average molecular weight is 292 g/mol. The summed E-state index contributed by atoms with van der Waals surface area (Å²) in [6.45, 7) is 0. The fraction of sp³-hybridized carbons (Fsp3) is 0. The van der Waals surface area contributed by atoms with Crippen molar-refractivity contribution in [1.29, 1.82) is 0 Å². The summed E-state index contributed by atoms with van der Waals surface area (Å²) in [5.74, 6) is 0. The van der Waals surface area contributed by atoms with Gasteiger partial charge >= 0.3 is 15.6 Å². The van der Waals surface area contributed by atoms with Gasteiger partial charge in [-0.15, -0.1) is 0 Å². The normalized spacial score (nSPS) is 11.3. The third-order valence-electron chi connectivity index (χ3n) is 0.213. The Bertz CT molecular complexity index is 157. The van der Waals surface area contributed by atoms with E-state index in [2.05, 4.69) is 4.31 Å². The van der Waals surface area contributed by atoms with Gasteiger partial charge < -0.3 is 19.6 Å². The fourth-order valence-electron chi connectivity index (χ4n) is 0.139. The molecule has 0 aromatic carbocycles. The third-order valence-corrected chi connectivity index (χ3v) is 1.91. The van der Waals surface area contributed by atoms with Gasteiger partial charge in [-0.05, 0) is 0 Å². The van der Waals surface area contributed by atoms with Crippen LogP contribution < -0.4 is 0 Å². The number of hydrogen-bond acceptors (Lipinski definition) is 3. The first kappa shape index (κ1) is 18.1. The second kappa shape index (κ2) is 5.85.